The summed E-state index contributed by atoms with van der Waals surface area (Å²) in [4.78, 5) is 11.8. The van der Waals surface area contributed by atoms with Crippen molar-refractivity contribution in [2.75, 3.05) is 6.54 Å². The van der Waals surface area contributed by atoms with E-state index in [2.05, 4.69) is 5.32 Å². The highest BCUT2D eigenvalue weighted by Gasteiger charge is 2.15. The van der Waals surface area contributed by atoms with Crippen molar-refractivity contribution < 1.29 is 14.6 Å². The summed E-state index contributed by atoms with van der Waals surface area (Å²) in [6.07, 6.45) is 1.46. The number of amides is 1. The summed E-state index contributed by atoms with van der Waals surface area (Å²) >= 11 is 11.8. The molecule has 1 unspecified atom stereocenters. The monoisotopic (exact) mass is 326 g/mol. The molecular weight excluding hydrogens is 315 g/mol. The van der Waals surface area contributed by atoms with Crippen molar-refractivity contribution in [2.24, 2.45) is 0 Å². The zero-order valence-electron chi connectivity index (χ0n) is 10.8. The Morgan fingerprint density at radius 2 is 2.14 bits per heavy atom. The van der Waals surface area contributed by atoms with Gasteiger partial charge >= 0.3 is 0 Å². The Bertz CT molecular complexity index is 664. The number of aliphatic hydroxyl groups is 1. The molecule has 0 aliphatic heterocycles. The molecule has 0 spiro atoms. The summed E-state index contributed by atoms with van der Waals surface area (Å²) in [5.41, 5.74) is 0.676. The third-order valence-corrected chi connectivity index (χ3v) is 3.38. The second-order valence-electron chi connectivity index (χ2n) is 4.34. The number of pyridine rings is 1. The van der Waals surface area contributed by atoms with Gasteiger partial charge in [0.05, 0.1) is 6.10 Å². The number of benzene rings is 1. The Hall–Kier alpha value is -1.82. The van der Waals surface area contributed by atoms with Gasteiger partial charge in [-0.25, -0.2) is 0 Å². The molecular formula is C14H12Cl2N2O3. The fourth-order valence-corrected chi connectivity index (χ4v) is 2.30. The van der Waals surface area contributed by atoms with Crippen LogP contribution in [0, 0.1) is 5.21 Å². The molecule has 0 bridgehead atoms. The molecule has 0 saturated carbocycles. The van der Waals surface area contributed by atoms with E-state index >= 15 is 0 Å². The second kappa shape index (κ2) is 6.76. The van der Waals surface area contributed by atoms with Gasteiger partial charge in [-0.2, -0.15) is 4.73 Å². The average molecular weight is 327 g/mol. The minimum Gasteiger partial charge on any atom is -0.619 e. The topological polar surface area (TPSA) is 76.3 Å². The van der Waals surface area contributed by atoms with Gasteiger partial charge in [-0.3, -0.25) is 4.79 Å². The first-order valence-corrected chi connectivity index (χ1v) is 6.83. The Balaban J connectivity index is 2.00. The van der Waals surface area contributed by atoms with Gasteiger partial charge in [0.1, 0.15) is 5.56 Å². The lowest BCUT2D eigenvalue weighted by Gasteiger charge is -2.13. The first kappa shape index (κ1) is 15.6. The van der Waals surface area contributed by atoms with Crippen LogP contribution in [0.15, 0.2) is 42.7 Å². The number of carbonyl (C=O) groups excluding carboxylic acids is 1. The van der Waals surface area contributed by atoms with Gasteiger partial charge in [0.15, 0.2) is 12.4 Å². The molecule has 1 atom stereocenters. The van der Waals surface area contributed by atoms with Crippen LogP contribution in [0.3, 0.4) is 0 Å². The van der Waals surface area contributed by atoms with Crippen molar-refractivity contribution in [1.82, 2.24) is 5.32 Å². The zero-order chi connectivity index (χ0) is 15.4. The van der Waals surface area contributed by atoms with Crippen LogP contribution >= 0.6 is 23.2 Å². The molecule has 2 N–H and O–H groups in total. The Morgan fingerprint density at radius 1 is 1.38 bits per heavy atom. The number of rotatable bonds is 4. The van der Waals surface area contributed by atoms with Gasteiger partial charge < -0.3 is 15.6 Å². The molecule has 5 nitrogen and oxygen atoms in total. The van der Waals surface area contributed by atoms with E-state index in [4.69, 9.17) is 23.2 Å². The van der Waals surface area contributed by atoms with Crippen molar-refractivity contribution in [1.29, 1.82) is 0 Å². The number of halogens is 2. The Morgan fingerprint density at radius 3 is 2.81 bits per heavy atom. The van der Waals surface area contributed by atoms with Gasteiger partial charge in [0.2, 0.25) is 0 Å². The maximum Gasteiger partial charge on any atom is 0.257 e. The lowest BCUT2D eigenvalue weighted by Crippen LogP contribution is -2.32. The molecule has 0 aliphatic rings. The summed E-state index contributed by atoms with van der Waals surface area (Å²) < 4.78 is 0.529. The first-order valence-electron chi connectivity index (χ1n) is 6.07. The Labute approximate surface area is 131 Å². The lowest BCUT2D eigenvalue weighted by molar-refractivity contribution is -0.605. The normalized spacial score (nSPS) is 12.0. The molecule has 1 amide bonds. The van der Waals surface area contributed by atoms with E-state index in [1.165, 1.54) is 24.4 Å². The average Bonchev–Trinajstić information content (AvgIpc) is 2.44. The molecule has 7 heteroatoms. The summed E-state index contributed by atoms with van der Waals surface area (Å²) in [6, 6.07) is 7.68. The highest BCUT2D eigenvalue weighted by atomic mass is 35.5. The van der Waals surface area contributed by atoms with E-state index in [0.717, 1.165) is 6.20 Å². The molecule has 110 valence electrons. The minimum atomic E-state index is -0.971. The van der Waals surface area contributed by atoms with Gasteiger partial charge in [0, 0.05) is 28.2 Å². The third kappa shape index (κ3) is 4.07. The molecule has 1 aromatic carbocycles. The number of carbonyl (C=O) groups is 1. The molecule has 0 fully saturated rings. The van der Waals surface area contributed by atoms with Crippen LogP contribution in [-0.4, -0.2) is 17.6 Å². The lowest BCUT2D eigenvalue weighted by atomic mass is 10.1. The SMILES string of the molecule is O=C(NCC(O)c1ccc(Cl)cc1Cl)c1ccc[n+]([O-])c1. The molecule has 2 rings (SSSR count). The molecule has 21 heavy (non-hydrogen) atoms. The Kier molecular flexibility index (Phi) is 5.01. The number of aromatic nitrogens is 1. The second-order valence-corrected chi connectivity index (χ2v) is 5.19. The predicted octanol–water partition coefficient (Wildman–Crippen LogP) is 2.09. The van der Waals surface area contributed by atoms with Crippen LogP contribution in [0.1, 0.15) is 22.0 Å². The summed E-state index contributed by atoms with van der Waals surface area (Å²) in [5, 5.41) is 24.4. The summed E-state index contributed by atoms with van der Waals surface area (Å²) in [5.74, 6) is -0.454. The van der Waals surface area contributed by atoms with Crippen LogP contribution in [0.25, 0.3) is 0 Å². The van der Waals surface area contributed by atoms with E-state index in [1.54, 1.807) is 12.1 Å². The zero-order valence-corrected chi connectivity index (χ0v) is 12.3. The quantitative estimate of drug-likeness (QED) is 0.667. The van der Waals surface area contributed by atoms with Crippen LogP contribution in [0.2, 0.25) is 10.0 Å². The van der Waals surface area contributed by atoms with Crippen molar-refractivity contribution in [2.45, 2.75) is 6.10 Å². The molecule has 0 radical (unpaired) electrons. The number of hydrogen-bond acceptors (Lipinski definition) is 3. The van der Waals surface area contributed by atoms with Crippen molar-refractivity contribution in [3.63, 3.8) is 0 Å². The van der Waals surface area contributed by atoms with E-state index < -0.39 is 12.0 Å². The molecule has 1 aromatic heterocycles. The van der Waals surface area contributed by atoms with E-state index in [-0.39, 0.29) is 12.1 Å². The number of aliphatic hydroxyl groups excluding tert-OH is 1. The molecule has 0 aliphatic carbocycles. The molecule has 0 saturated heterocycles. The summed E-state index contributed by atoms with van der Waals surface area (Å²) in [6.45, 7) is -0.0338. The van der Waals surface area contributed by atoms with Crippen LogP contribution in [-0.2, 0) is 0 Å². The highest BCUT2D eigenvalue weighted by molar-refractivity contribution is 6.35. The van der Waals surface area contributed by atoms with Crippen molar-refractivity contribution >= 4 is 29.1 Å². The molecule has 2 aromatic rings. The fraction of sp³-hybridized carbons (Fsp3) is 0.143. The highest BCUT2D eigenvalue weighted by Crippen LogP contribution is 2.25. The standard InChI is InChI=1S/C14H12Cl2N2O3/c15-10-3-4-11(12(16)6-10)13(19)7-17-14(20)9-2-1-5-18(21)8-9/h1-6,8,13,19H,7H2,(H,17,20). The molecule has 1 heterocycles. The van der Waals surface area contributed by atoms with E-state index in [9.17, 15) is 15.1 Å². The third-order valence-electron chi connectivity index (χ3n) is 2.81. The predicted molar refractivity (Wildman–Crippen MR) is 79.2 cm³/mol. The van der Waals surface area contributed by atoms with Crippen molar-refractivity contribution in [3.8, 4) is 0 Å². The van der Waals surface area contributed by atoms with Crippen LogP contribution < -0.4 is 10.0 Å². The number of nitrogens with zero attached hydrogens (tertiary/aromatic N) is 1. The maximum atomic E-state index is 11.8. The minimum absolute atomic E-state index is 0.0338. The van der Waals surface area contributed by atoms with Gasteiger partial charge in [-0.05, 0) is 18.2 Å². The maximum absolute atomic E-state index is 11.8. The van der Waals surface area contributed by atoms with Gasteiger partial charge in [0.25, 0.3) is 5.91 Å². The van der Waals surface area contributed by atoms with Crippen LogP contribution in [0.5, 0.6) is 0 Å². The van der Waals surface area contributed by atoms with E-state index in [1.807, 2.05) is 0 Å². The summed E-state index contributed by atoms with van der Waals surface area (Å²) in [7, 11) is 0. The number of hydrogen-bond donors (Lipinski definition) is 2. The van der Waals surface area contributed by atoms with Gasteiger partial charge in [-0.1, -0.05) is 29.3 Å². The van der Waals surface area contributed by atoms with Gasteiger partial charge in [-0.15, -0.1) is 0 Å². The fourth-order valence-electron chi connectivity index (χ4n) is 1.76. The van der Waals surface area contributed by atoms with Crippen LogP contribution in [0.4, 0.5) is 0 Å². The largest absolute Gasteiger partial charge is 0.619 e. The van der Waals surface area contributed by atoms with Crippen molar-refractivity contribution in [3.05, 3.63) is 69.1 Å². The van der Waals surface area contributed by atoms with E-state index in [0.29, 0.717) is 20.3 Å². The number of nitrogens with one attached hydrogen (secondary N) is 1. The first-order chi connectivity index (χ1) is 9.97. The smallest absolute Gasteiger partial charge is 0.257 e.